The molecule has 1 saturated carbocycles. The second kappa shape index (κ2) is 6.05. The molecule has 18 heavy (non-hydrogen) atoms. The molecule has 4 heteroatoms. The third kappa shape index (κ3) is 3.13. The first kappa shape index (κ1) is 13.1. The molecule has 0 radical (unpaired) electrons. The van der Waals surface area contributed by atoms with Crippen LogP contribution in [0.4, 0.5) is 0 Å². The first-order valence-electron chi connectivity index (χ1n) is 6.56. The van der Waals surface area contributed by atoms with Crippen LogP contribution >= 0.6 is 0 Å². The summed E-state index contributed by atoms with van der Waals surface area (Å²) in [7, 11) is 1.36. The molecular formula is C14H21NO3. The molecule has 0 aromatic carbocycles. The van der Waals surface area contributed by atoms with Gasteiger partial charge in [0.25, 0.3) is 0 Å². The smallest absolute Gasteiger partial charge is 0.374 e. The van der Waals surface area contributed by atoms with Crippen LogP contribution in [0.1, 0.15) is 42.3 Å². The summed E-state index contributed by atoms with van der Waals surface area (Å²) in [4.78, 5) is 11.4. The number of carbonyl (C=O) groups excluding carboxylic acids is 1. The maximum absolute atomic E-state index is 11.4. The number of ether oxygens (including phenoxy) is 1. The molecule has 0 bridgehead atoms. The Morgan fingerprint density at radius 1 is 1.56 bits per heavy atom. The van der Waals surface area contributed by atoms with Crippen LogP contribution in [0, 0.1) is 11.8 Å². The monoisotopic (exact) mass is 251 g/mol. The van der Waals surface area contributed by atoms with Gasteiger partial charge in [0.15, 0.2) is 0 Å². The minimum absolute atomic E-state index is 0.310. The molecule has 1 fully saturated rings. The van der Waals surface area contributed by atoms with Gasteiger partial charge in [0.1, 0.15) is 0 Å². The lowest BCUT2D eigenvalue weighted by molar-refractivity contribution is 0.0563. The maximum Gasteiger partial charge on any atom is 0.374 e. The average Bonchev–Trinajstić information content (AvgIpc) is 2.98. The van der Waals surface area contributed by atoms with Crippen molar-refractivity contribution in [1.82, 2.24) is 5.32 Å². The molecule has 4 nitrogen and oxygen atoms in total. The Bertz CT molecular complexity index is 399. The first-order chi connectivity index (χ1) is 8.70. The highest BCUT2D eigenvalue weighted by atomic mass is 16.5. The van der Waals surface area contributed by atoms with E-state index in [1.165, 1.54) is 32.6 Å². The SMILES string of the molecule is COC(=O)c1occc1CNCC1CCC(C)C1. The van der Waals surface area contributed by atoms with Gasteiger partial charge in [0.05, 0.1) is 13.4 Å². The average molecular weight is 251 g/mol. The van der Waals surface area contributed by atoms with Crippen molar-refractivity contribution in [1.29, 1.82) is 0 Å². The van der Waals surface area contributed by atoms with E-state index in [1.54, 1.807) is 0 Å². The molecule has 0 aliphatic heterocycles. The summed E-state index contributed by atoms with van der Waals surface area (Å²) in [6.07, 6.45) is 5.48. The predicted octanol–water partition coefficient (Wildman–Crippen LogP) is 2.59. The molecule has 1 aliphatic rings. The van der Waals surface area contributed by atoms with Gasteiger partial charge in [-0.15, -0.1) is 0 Å². The van der Waals surface area contributed by atoms with E-state index < -0.39 is 5.97 Å². The van der Waals surface area contributed by atoms with Gasteiger partial charge in [-0.1, -0.05) is 13.3 Å². The summed E-state index contributed by atoms with van der Waals surface area (Å²) in [5.41, 5.74) is 0.868. The molecule has 1 aromatic rings. The van der Waals surface area contributed by atoms with Gasteiger partial charge in [-0.3, -0.25) is 0 Å². The van der Waals surface area contributed by atoms with Gasteiger partial charge >= 0.3 is 5.97 Å². The number of nitrogens with one attached hydrogen (secondary N) is 1. The molecule has 100 valence electrons. The van der Waals surface area contributed by atoms with E-state index in [4.69, 9.17) is 4.42 Å². The fraction of sp³-hybridized carbons (Fsp3) is 0.643. The van der Waals surface area contributed by atoms with E-state index in [0.717, 1.165) is 23.9 Å². The summed E-state index contributed by atoms with van der Waals surface area (Å²) < 4.78 is 9.81. The molecule has 2 unspecified atom stereocenters. The minimum Gasteiger partial charge on any atom is -0.463 e. The minimum atomic E-state index is -0.411. The first-order valence-corrected chi connectivity index (χ1v) is 6.56. The van der Waals surface area contributed by atoms with Crippen molar-refractivity contribution in [2.24, 2.45) is 11.8 Å². The van der Waals surface area contributed by atoms with Crippen LogP contribution < -0.4 is 5.32 Å². The van der Waals surface area contributed by atoms with E-state index in [2.05, 4.69) is 17.0 Å². The summed E-state index contributed by atoms with van der Waals surface area (Å²) in [6.45, 7) is 3.98. The highest BCUT2D eigenvalue weighted by molar-refractivity contribution is 5.87. The Balaban J connectivity index is 1.80. The highest BCUT2D eigenvalue weighted by Crippen LogP contribution is 2.29. The van der Waals surface area contributed by atoms with E-state index in [1.807, 2.05) is 6.07 Å². The number of methoxy groups -OCH3 is 1. The summed E-state index contributed by atoms with van der Waals surface area (Å²) in [5.74, 6) is 1.53. The number of furan rings is 1. The van der Waals surface area contributed by atoms with Gasteiger partial charge in [0.2, 0.25) is 5.76 Å². The predicted molar refractivity (Wildman–Crippen MR) is 68.3 cm³/mol. The summed E-state index contributed by atoms with van der Waals surface area (Å²) in [6, 6.07) is 1.82. The Hall–Kier alpha value is -1.29. The van der Waals surface area contributed by atoms with Gasteiger partial charge in [-0.25, -0.2) is 4.79 Å². The van der Waals surface area contributed by atoms with E-state index in [0.29, 0.717) is 12.3 Å². The van der Waals surface area contributed by atoms with E-state index >= 15 is 0 Å². The Labute approximate surface area is 108 Å². The van der Waals surface area contributed by atoms with Gasteiger partial charge in [-0.2, -0.15) is 0 Å². The molecule has 0 amide bonds. The Morgan fingerprint density at radius 2 is 2.39 bits per heavy atom. The fourth-order valence-electron chi connectivity index (χ4n) is 2.67. The van der Waals surface area contributed by atoms with Crippen LogP contribution in [-0.4, -0.2) is 19.6 Å². The van der Waals surface area contributed by atoms with Gasteiger partial charge < -0.3 is 14.5 Å². The lowest BCUT2D eigenvalue weighted by Gasteiger charge is -2.10. The molecule has 2 rings (SSSR count). The Morgan fingerprint density at radius 3 is 3.06 bits per heavy atom. The molecule has 1 heterocycles. The third-order valence-electron chi connectivity index (χ3n) is 3.67. The van der Waals surface area contributed by atoms with E-state index in [-0.39, 0.29) is 0 Å². The highest BCUT2D eigenvalue weighted by Gasteiger charge is 2.21. The third-order valence-corrected chi connectivity index (χ3v) is 3.67. The van der Waals surface area contributed by atoms with Crippen LogP contribution in [0.25, 0.3) is 0 Å². The van der Waals surface area contributed by atoms with Crippen molar-refractivity contribution >= 4 is 5.97 Å². The van der Waals surface area contributed by atoms with Crippen molar-refractivity contribution < 1.29 is 13.9 Å². The second-order valence-corrected chi connectivity index (χ2v) is 5.18. The molecule has 1 N–H and O–H groups in total. The van der Waals surface area contributed by atoms with E-state index in [9.17, 15) is 4.79 Å². The molecule has 2 atom stereocenters. The number of hydrogen-bond acceptors (Lipinski definition) is 4. The van der Waals surface area contributed by atoms with Gasteiger partial charge in [-0.05, 0) is 37.3 Å². The zero-order valence-electron chi connectivity index (χ0n) is 11.1. The number of carbonyl (C=O) groups is 1. The summed E-state index contributed by atoms with van der Waals surface area (Å²) in [5, 5.41) is 3.40. The number of esters is 1. The topological polar surface area (TPSA) is 51.5 Å². The molecule has 0 saturated heterocycles. The molecular weight excluding hydrogens is 230 g/mol. The van der Waals surface area contributed by atoms with Crippen LogP contribution in [-0.2, 0) is 11.3 Å². The van der Waals surface area contributed by atoms with Crippen LogP contribution in [0.2, 0.25) is 0 Å². The Kier molecular flexibility index (Phi) is 4.42. The number of rotatable bonds is 5. The zero-order valence-corrected chi connectivity index (χ0v) is 11.1. The zero-order chi connectivity index (χ0) is 13.0. The molecule has 1 aliphatic carbocycles. The van der Waals surface area contributed by atoms with Gasteiger partial charge in [0, 0.05) is 12.1 Å². The fourth-order valence-corrected chi connectivity index (χ4v) is 2.67. The standard InChI is InChI=1S/C14H21NO3/c1-10-3-4-11(7-10)8-15-9-12-5-6-18-13(12)14(16)17-2/h5-6,10-11,15H,3-4,7-9H2,1-2H3. The molecule has 0 spiro atoms. The van der Waals surface area contributed by atoms with Crippen molar-refractivity contribution in [2.75, 3.05) is 13.7 Å². The largest absolute Gasteiger partial charge is 0.463 e. The maximum atomic E-state index is 11.4. The van der Waals surface area contributed by atoms with Crippen LogP contribution in [0.15, 0.2) is 16.7 Å². The summed E-state index contributed by atoms with van der Waals surface area (Å²) >= 11 is 0. The van der Waals surface area contributed by atoms with Crippen molar-refractivity contribution in [3.05, 3.63) is 23.7 Å². The lowest BCUT2D eigenvalue weighted by atomic mass is 10.1. The van der Waals surface area contributed by atoms with Crippen LogP contribution in [0.5, 0.6) is 0 Å². The quantitative estimate of drug-likeness (QED) is 0.817. The van der Waals surface area contributed by atoms with Crippen molar-refractivity contribution in [2.45, 2.75) is 32.7 Å². The molecule has 1 aromatic heterocycles. The van der Waals surface area contributed by atoms with Crippen molar-refractivity contribution in [3.8, 4) is 0 Å². The lowest BCUT2D eigenvalue weighted by Crippen LogP contribution is -2.21. The van der Waals surface area contributed by atoms with Crippen LogP contribution in [0.3, 0.4) is 0 Å². The van der Waals surface area contributed by atoms with Crippen molar-refractivity contribution in [3.63, 3.8) is 0 Å². The second-order valence-electron chi connectivity index (χ2n) is 5.18. The normalized spacial score (nSPS) is 23.2. The number of hydrogen-bond donors (Lipinski definition) is 1.